The van der Waals surface area contributed by atoms with Crippen molar-refractivity contribution in [2.45, 2.75) is 58.4 Å². The van der Waals surface area contributed by atoms with Crippen molar-refractivity contribution in [3.8, 4) is 11.6 Å². The number of amides is 1. The van der Waals surface area contributed by atoms with Crippen LogP contribution in [0.15, 0.2) is 36.8 Å². The van der Waals surface area contributed by atoms with E-state index in [1.807, 2.05) is 6.20 Å². The number of pyridine rings is 1. The van der Waals surface area contributed by atoms with Gasteiger partial charge in [0.15, 0.2) is 11.6 Å². The van der Waals surface area contributed by atoms with Crippen LogP contribution < -0.4 is 15.5 Å². The van der Waals surface area contributed by atoms with Crippen molar-refractivity contribution in [2.75, 3.05) is 29.4 Å². The van der Waals surface area contributed by atoms with E-state index >= 15 is 0 Å². The first kappa shape index (κ1) is 24.1. The third-order valence-electron chi connectivity index (χ3n) is 7.03. The van der Waals surface area contributed by atoms with Gasteiger partial charge in [-0.2, -0.15) is 0 Å². The molecule has 5 rings (SSSR count). The Labute approximate surface area is 212 Å². The molecule has 0 bridgehead atoms. The van der Waals surface area contributed by atoms with Crippen LogP contribution in [0.2, 0.25) is 0 Å². The summed E-state index contributed by atoms with van der Waals surface area (Å²) in [6.45, 7) is 7.05. The van der Waals surface area contributed by atoms with Gasteiger partial charge in [0.25, 0.3) is 0 Å². The van der Waals surface area contributed by atoms with Crippen LogP contribution in [0.4, 0.5) is 11.5 Å². The molecule has 0 radical (unpaired) electrons. The molecule has 0 aromatic carbocycles. The standard InChI is InChI=1S/C27H34N8O/c1-18-14-21(34(17-20-7-8-20)12-4-3-6-24(28)36)15-25(32-18)35-13-9-23-22(19(35)2)16-31-27(33-23)26-29-10-5-11-30-26/h5,10-11,14-16,19-20H,3-4,6-9,12-13,17H2,1-2H3,(H2,28,36). The molecule has 1 aliphatic heterocycles. The van der Waals surface area contributed by atoms with E-state index in [0.717, 1.165) is 67.6 Å². The molecule has 188 valence electrons. The number of anilines is 2. The number of hydrogen-bond acceptors (Lipinski definition) is 8. The maximum Gasteiger partial charge on any atom is 0.217 e. The second-order valence-corrected chi connectivity index (χ2v) is 9.93. The van der Waals surface area contributed by atoms with E-state index in [-0.39, 0.29) is 11.9 Å². The van der Waals surface area contributed by atoms with Crippen molar-refractivity contribution in [1.29, 1.82) is 0 Å². The minimum Gasteiger partial charge on any atom is -0.371 e. The summed E-state index contributed by atoms with van der Waals surface area (Å²) >= 11 is 0. The monoisotopic (exact) mass is 486 g/mol. The van der Waals surface area contributed by atoms with Crippen molar-refractivity contribution in [1.82, 2.24) is 24.9 Å². The predicted octanol–water partition coefficient (Wildman–Crippen LogP) is 3.63. The lowest BCUT2D eigenvalue weighted by Crippen LogP contribution is -2.36. The van der Waals surface area contributed by atoms with Crippen LogP contribution in [0.1, 0.15) is 62.0 Å². The summed E-state index contributed by atoms with van der Waals surface area (Å²) in [5.41, 5.74) is 9.71. The van der Waals surface area contributed by atoms with Gasteiger partial charge in [0, 0.05) is 74.1 Å². The number of fused-ring (bicyclic) bond motifs is 1. The fourth-order valence-corrected chi connectivity index (χ4v) is 4.90. The van der Waals surface area contributed by atoms with Crippen molar-refractivity contribution in [2.24, 2.45) is 11.7 Å². The number of aromatic nitrogens is 5. The lowest BCUT2D eigenvalue weighted by molar-refractivity contribution is -0.118. The molecule has 1 amide bonds. The van der Waals surface area contributed by atoms with Gasteiger partial charge in [-0.25, -0.2) is 24.9 Å². The molecule has 2 aliphatic rings. The van der Waals surface area contributed by atoms with E-state index in [2.05, 4.69) is 50.7 Å². The summed E-state index contributed by atoms with van der Waals surface area (Å²) in [5, 5.41) is 0. The number of hydrogen-bond donors (Lipinski definition) is 1. The second-order valence-electron chi connectivity index (χ2n) is 9.93. The molecule has 4 heterocycles. The van der Waals surface area contributed by atoms with Crippen molar-refractivity contribution < 1.29 is 4.79 Å². The Bertz CT molecular complexity index is 1210. The van der Waals surface area contributed by atoms with Gasteiger partial charge in [-0.05, 0) is 57.6 Å². The molecule has 0 saturated heterocycles. The Hall–Kier alpha value is -3.62. The molecule has 3 aromatic rings. The largest absolute Gasteiger partial charge is 0.371 e. The first-order valence-corrected chi connectivity index (χ1v) is 12.9. The molecule has 1 fully saturated rings. The van der Waals surface area contributed by atoms with E-state index in [0.29, 0.717) is 18.1 Å². The van der Waals surface area contributed by atoms with E-state index in [4.69, 9.17) is 15.7 Å². The highest BCUT2D eigenvalue weighted by Crippen LogP contribution is 2.36. The Balaban J connectivity index is 1.36. The number of primary amides is 1. The number of carbonyl (C=O) groups excluding carboxylic acids is 1. The van der Waals surface area contributed by atoms with Crippen LogP contribution >= 0.6 is 0 Å². The normalized spacial score (nSPS) is 17.1. The number of unbranched alkanes of at least 4 members (excludes halogenated alkanes) is 1. The van der Waals surface area contributed by atoms with Gasteiger partial charge in [0.05, 0.1) is 11.7 Å². The Kier molecular flexibility index (Phi) is 7.06. The second kappa shape index (κ2) is 10.6. The summed E-state index contributed by atoms with van der Waals surface area (Å²) in [7, 11) is 0. The zero-order valence-corrected chi connectivity index (χ0v) is 21.1. The first-order chi connectivity index (χ1) is 17.5. The van der Waals surface area contributed by atoms with Crippen LogP contribution in [0.5, 0.6) is 0 Å². The minimum atomic E-state index is -0.224. The van der Waals surface area contributed by atoms with Gasteiger partial charge in [0.2, 0.25) is 5.91 Å². The Morgan fingerprint density at radius 1 is 1.11 bits per heavy atom. The van der Waals surface area contributed by atoms with Crippen LogP contribution in [-0.4, -0.2) is 50.5 Å². The average molecular weight is 487 g/mol. The molecule has 9 nitrogen and oxygen atoms in total. The predicted molar refractivity (Wildman–Crippen MR) is 139 cm³/mol. The van der Waals surface area contributed by atoms with E-state index in [9.17, 15) is 4.79 Å². The lowest BCUT2D eigenvalue weighted by Gasteiger charge is -2.36. The van der Waals surface area contributed by atoms with E-state index in [1.54, 1.807) is 18.5 Å². The van der Waals surface area contributed by atoms with Crippen LogP contribution in [0.25, 0.3) is 11.6 Å². The van der Waals surface area contributed by atoms with E-state index < -0.39 is 0 Å². The molecule has 1 saturated carbocycles. The molecule has 2 N–H and O–H groups in total. The van der Waals surface area contributed by atoms with Gasteiger partial charge in [-0.15, -0.1) is 0 Å². The molecule has 9 heteroatoms. The summed E-state index contributed by atoms with van der Waals surface area (Å²) in [6.07, 6.45) is 11.0. The van der Waals surface area contributed by atoms with Crippen molar-refractivity contribution in [3.63, 3.8) is 0 Å². The fraction of sp³-hybridized carbons (Fsp3) is 0.481. The Morgan fingerprint density at radius 3 is 2.67 bits per heavy atom. The summed E-state index contributed by atoms with van der Waals surface area (Å²) in [4.78, 5) is 38.8. The summed E-state index contributed by atoms with van der Waals surface area (Å²) in [5.74, 6) is 2.64. The highest BCUT2D eigenvalue weighted by molar-refractivity contribution is 5.73. The number of carbonyl (C=O) groups is 1. The molecule has 1 unspecified atom stereocenters. The van der Waals surface area contributed by atoms with E-state index in [1.165, 1.54) is 18.5 Å². The fourth-order valence-electron chi connectivity index (χ4n) is 4.90. The molecular weight excluding hydrogens is 452 g/mol. The average Bonchev–Trinajstić information content (AvgIpc) is 3.70. The highest BCUT2D eigenvalue weighted by atomic mass is 16.1. The highest BCUT2D eigenvalue weighted by Gasteiger charge is 2.29. The van der Waals surface area contributed by atoms with Gasteiger partial charge < -0.3 is 15.5 Å². The third kappa shape index (κ3) is 5.61. The molecule has 1 aliphatic carbocycles. The molecule has 1 atom stereocenters. The SMILES string of the molecule is Cc1cc(N(CCCCC(N)=O)CC2CC2)cc(N2CCc3nc(-c4ncccn4)ncc3C2C)n1. The van der Waals surface area contributed by atoms with Crippen molar-refractivity contribution >= 4 is 17.4 Å². The quantitative estimate of drug-likeness (QED) is 0.432. The smallest absolute Gasteiger partial charge is 0.217 e. The van der Waals surface area contributed by atoms with Gasteiger partial charge in [-0.3, -0.25) is 4.79 Å². The molecule has 0 spiro atoms. The van der Waals surface area contributed by atoms with Crippen LogP contribution in [0, 0.1) is 12.8 Å². The molecule has 3 aromatic heterocycles. The number of rotatable bonds is 10. The number of nitrogens with two attached hydrogens (primary N) is 1. The van der Waals surface area contributed by atoms with Gasteiger partial charge in [0.1, 0.15) is 5.82 Å². The minimum absolute atomic E-state index is 0.106. The first-order valence-electron chi connectivity index (χ1n) is 12.9. The van der Waals surface area contributed by atoms with Gasteiger partial charge >= 0.3 is 0 Å². The maximum absolute atomic E-state index is 11.2. The summed E-state index contributed by atoms with van der Waals surface area (Å²) < 4.78 is 0. The Morgan fingerprint density at radius 2 is 1.92 bits per heavy atom. The zero-order valence-electron chi connectivity index (χ0n) is 21.1. The summed E-state index contributed by atoms with van der Waals surface area (Å²) in [6, 6.07) is 6.29. The molecule has 36 heavy (non-hydrogen) atoms. The maximum atomic E-state index is 11.2. The number of nitrogens with zero attached hydrogens (tertiary/aromatic N) is 7. The van der Waals surface area contributed by atoms with Crippen molar-refractivity contribution in [3.05, 3.63) is 53.7 Å². The zero-order chi connectivity index (χ0) is 25.1. The molecular formula is C27H34N8O. The third-order valence-corrected chi connectivity index (χ3v) is 7.03. The topological polar surface area (TPSA) is 114 Å². The van der Waals surface area contributed by atoms with Crippen LogP contribution in [-0.2, 0) is 11.2 Å². The van der Waals surface area contributed by atoms with Crippen LogP contribution in [0.3, 0.4) is 0 Å². The lowest BCUT2D eigenvalue weighted by atomic mass is 9.99. The number of aryl methyl sites for hydroxylation is 1. The van der Waals surface area contributed by atoms with Gasteiger partial charge in [-0.1, -0.05) is 0 Å².